The van der Waals surface area contributed by atoms with Gasteiger partial charge < -0.3 is 14.2 Å². The van der Waals surface area contributed by atoms with Gasteiger partial charge in [-0.1, -0.05) is 23.7 Å². The molecule has 0 aliphatic heterocycles. The molecule has 0 amide bonds. The minimum atomic E-state index is -0.144. The molecule has 3 aromatic rings. The largest absolute Gasteiger partial charge is 0.457 e. The zero-order valence-electron chi connectivity index (χ0n) is 10.1. The van der Waals surface area contributed by atoms with Crippen LogP contribution in [-0.4, -0.2) is 7.05 Å². The van der Waals surface area contributed by atoms with Crippen molar-refractivity contribution in [1.29, 1.82) is 0 Å². The van der Waals surface area contributed by atoms with Crippen molar-refractivity contribution in [3.63, 3.8) is 0 Å². The summed E-state index contributed by atoms with van der Waals surface area (Å²) in [6.07, 6.45) is 0. The molecule has 0 bridgehead atoms. The van der Waals surface area contributed by atoms with Crippen molar-refractivity contribution < 1.29 is 8.83 Å². The number of nitrogens with one attached hydrogen (secondary N) is 1. The molecule has 0 radical (unpaired) electrons. The van der Waals surface area contributed by atoms with E-state index in [-0.39, 0.29) is 6.04 Å². The highest BCUT2D eigenvalue weighted by Crippen LogP contribution is 2.32. The van der Waals surface area contributed by atoms with Crippen LogP contribution in [0, 0.1) is 0 Å². The number of halogens is 2. The molecule has 0 aliphatic carbocycles. The first kappa shape index (κ1) is 12.8. The summed E-state index contributed by atoms with van der Waals surface area (Å²) in [6, 6.07) is 11.3. The highest BCUT2D eigenvalue weighted by atomic mass is 79.9. The van der Waals surface area contributed by atoms with Crippen molar-refractivity contribution in [3.05, 3.63) is 57.6 Å². The number of benzene rings is 1. The normalized spacial score (nSPS) is 13.0. The second-order valence-corrected chi connectivity index (χ2v) is 5.36. The summed E-state index contributed by atoms with van der Waals surface area (Å²) < 4.78 is 12.1. The second kappa shape index (κ2) is 5.04. The van der Waals surface area contributed by atoms with Gasteiger partial charge in [-0.25, -0.2) is 0 Å². The Balaban J connectivity index is 2.09. The summed E-state index contributed by atoms with van der Waals surface area (Å²) in [5.74, 6) is 1.55. The molecular formula is C14H11BrClNO2. The summed E-state index contributed by atoms with van der Waals surface area (Å²) >= 11 is 9.43. The second-order valence-electron chi connectivity index (χ2n) is 4.17. The van der Waals surface area contributed by atoms with Crippen LogP contribution in [0.3, 0.4) is 0 Å². The van der Waals surface area contributed by atoms with Crippen molar-refractivity contribution in [2.75, 3.05) is 7.05 Å². The van der Waals surface area contributed by atoms with Gasteiger partial charge in [0.2, 0.25) is 0 Å². The average molecular weight is 341 g/mol. The third-order valence-electron chi connectivity index (χ3n) is 2.97. The molecule has 2 aromatic heterocycles. The number of rotatable bonds is 3. The van der Waals surface area contributed by atoms with Gasteiger partial charge in [0, 0.05) is 5.39 Å². The van der Waals surface area contributed by atoms with Crippen molar-refractivity contribution in [1.82, 2.24) is 5.32 Å². The van der Waals surface area contributed by atoms with E-state index in [4.69, 9.17) is 20.4 Å². The standard InChI is InChI=1S/C14H11BrClNO2/c1-17-13(10-5-6-12(15)18-10)11-7-8-3-2-4-9(16)14(8)19-11/h2-7,13,17H,1H3. The van der Waals surface area contributed by atoms with Crippen LogP contribution in [0.25, 0.3) is 11.0 Å². The van der Waals surface area contributed by atoms with E-state index in [1.807, 2.05) is 43.4 Å². The molecule has 19 heavy (non-hydrogen) atoms. The zero-order valence-corrected chi connectivity index (χ0v) is 12.5. The van der Waals surface area contributed by atoms with Gasteiger partial charge in [-0.2, -0.15) is 0 Å². The fraction of sp³-hybridized carbons (Fsp3) is 0.143. The summed E-state index contributed by atoms with van der Waals surface area (Å²) in [7, 11) is 1.86. The number of para-hydroxylation sites is 1. The molecule has 1 unspecified atom stereocenters. The number of hydrogen-bond donors (Lipinski definition) is 1. The quantitative estimate of drug-likeness (QED) is 0.747. The van der Waals surface area contributed by atoms with E-state index in [1.165, 1.54) is 0 Å². The first-order valence-corrected chi connectivity index (χ1v) is 6.96. The molecule has 3 rings (SSSR count). The molecule has 1 aromatic carbocycles. The molecule has 0 saturated carbocycles. The van der Waals surface area contributed by atoms with E-state index in [1.54, 1.807) is 0 Å². The third-order valence-corrected chi connectivity index (χ3v) is 3.69. The molecule has 0 saturated heterocycles. The fourth-order valence-corrected chi connectivity index (χ4v) is 2.64. The van der Waals surface area contributed by atoms with Gasteiger partial charge in [-0.05, 0) is 47.2 Å². The average Bonchev–Trinajstić information content (AvgIpc) is 2.98. The third kappa shape index (κ3) is 2.31. The SMILES string of the molecule is CNC(c1ccc(Br)o1)c1cc2cccc(Cl)c2o1. The van der Waals surface area contributed by atoms with Crippen molar-refractivity contribution in [3.8, 4) is 0 Å². The van der Waals surface area contributed by atoms with Gasteiger partial charge in [0.1, 0.15) is 17.6 Å². The number of hydrogen-bond acceptors (Lipinski definition) is 3. The first-order chi connectivity index (χ1) is 9.19. The highest BCUT2D eigenvalue weighted by Gasteiger charge is 2.20. The lowest BCUT2D eigenvalue weighted by Crippen LogP contribution is -2.16. The van der Waals surface area contributed by atoms with Gasteiger partial charge in [0.25, 0.3) is 0 Å². The number of furan rings is 2. The van der Waals surface area contributed by atoms with Crippen molar-refractivity contribution >= 4 is 38.5 Å². The summed E-state index contributed by atoms with van der Waals surface area (Å²) in [5, 5.41) is 4.77. The first-order valence-electron chi connectivity index (χ1n) is 5.79. The van der Waals surface area contributed by atoms with Gasteiger partial charge in [-0.15, -0.1) is 0 Å². The maximum Gasteiger partial charge on any atom is 0.169 e. The van der Waals surface area contributed by atoms with E-state index >= 15 is 0 Å². The van der Waals surface area contributed by atoms with Crippen LogP contribution in [0.2, 0.25) is 5.02 Å². The Morgan fingerprint density at radius 1 is 1.16 bits per heavy atom. The Bertz CT molecular complexity index is 719. The van der Waals surface area contributed by atoms with Crippen LogP contribution >= 0.6 is 27.5 Å². The molecular weight excluding hydrogens is 330 g/mol. The molecule has 1 N–H and O–H groups in total. The lowest BCUT2D eigenvalue weighted by atomic mass is 10.1. The minimum absolute atomic E-state index is 0.144. The highest BCUT2D eigenvalue weighted by molar-refractivity contribution is 9.10. The van der Waals surface area contributed by atoms with Crippen LogP contribution in [0.4, 0.5) is 0 Å². The van der Waals surface area contributed by atoms with E-state index in [0.29, 0.717) is 15.3 Å². The molecule has 3 nitrogen and oxygen atoms in total. The van der Waals surface area contributed by atoms with Crippen molar-refractivity contribution in [2.45, 2.75) is 6.04 Å². The molecule has 5 heteroatoms. The van der Waals surface area contributed by atoms with Gasteiger partial charge >= 0.3 is 0 Å². The summed E-state index contributed by atoms with van der Waals surface area (Å²) in [6.45, 7) is 0. The fourth-order valence-electron chi connectivity index (χ4n) is 2.10. The maximum absolute atomic E-state index is 6.12. The lowest BCUT2D eigenvalue weighted by Gasteiger charge is -2.09. The Morgan fingerprint density at radius 2 is 2.00 bits per heavy atom. The van der Waals surface area contributed by atoms with E-state index in [2.05, 4.69) is 21.2 Å². The van der Waals surface area contributed by atoms with Crippen LogP contribution in [0.5, 0.6) is 0 Å². The number of fused-ring (bicyclic) bond motifs is 1. The summed E-state index contributed by atoms with van der Waals surface area (Å²) in [5.41, 5.74) is 0.699. The van der Waals surface area contributed by atoms with Crippen molar-refractivity contribution in [2.24, 2.45) is 0 Å². The minimum Gasteiger partial charge on any atom is -0.457 e. The van der Waals surface area contributed by atoms with Crippen LogP contribution in [0.15, 0.2) is 49.9 Å². The molecule has 0 spiro atoms. The van der Waals surface area contributed by atoms with E-state index in [0.717, 1.165) is 16.9 Å². The Labute approximate surface area is 123 Å². The smallest absolute Gasteiger partial charge is 0.169 e. The molecule has 2 heterocycles. The molecule has 0 aliphatic rings. The predicted octanol–water partition coefficient (Wildman–Crippen LogP) is 4.75. The van der Waals surface area contributed by atoms with Gasteiger partial charge in [0.05, 0.1) is 5.02 Å². The van der Waals surface area contributed by atoms with E-state index < -0.39 is 0 Å². The van der Waals surface area contributed by atoms with Crippen LogP contribution < -0.4 is 5.32 Å². The summed E-state index contributed by atoms with van der Waals surface area (Å²) in [4.78, 5) is 0. The monoisotopic (exact) mass is 339 g/mol. The Hall–Kier alpha value is -1.23. The van der Waals surface area contributed by atoms with Crippen LogP contribution in [0.1, 0.15) is 17.6 Å². The van der Waals surface area contributed by atoms with Gasteiger partial charge in [-0.3, -0.25) is 0 Å². The topological polar surface area (TPSA) is 38.3 Å². The lowest BCUT2D eigenvalue weighted by molar-refractivity contribution is 0.405. The predicted molar refractivity (Wildman–Crippen MR) is 78.5 cm³/mol. The van der Waals surface area contributed by atoms with Crippen LogP contribution in [-0.2, 0) is 0 Å². The van der Waals surface area contributed by atoms with Gasteiger partial charge in [0.15, 0.2) is 10.3 Å². The molecule has 0 fully saturated rings. The molecule has 1 atom stereocenters. The van der Waals surface area contributed by atoms with E-state index in [9.17, 15) is 0 Å². The Kier molecular flexibility index (Phi) is 3.39. The zero-order chi connectivity index (χ0) is 13.4. The maximum atomic E-state index is 6.12. The Morgan fingerprint density at radius 3 is 2.63 bits per heavy atom. The molecule has 98 valence electrons.